The van der Waals surface area contributed by atoms with E-state index in [-0.39, 0.29) is 4.90 Å². The SMILES string of the molecule is CC(C)CCNS(=O)(=O)c1cn(C)nc1-c1cccs1. The van der Waals surface area contributed by atoms with Gasteiger partial charge in [-0.3, -0.25) is 4.68 Å². The number of hydrogen-bond donors (Lipinski definition) is 1. The number of aromatic nitrogens is 2. The largest absolute Gasteiger partial charge is 0.274 e. The minimum Gasteiger partial charge on any atom is -0.274 e. The number of hydrogen-bond acceptors (Lipinski definition) is 4. The maximum Gasteiger partial charge on any atom is 0.244 e. The van der Waals surface area contributed by atoms with Gasteiger partial charge in [0.05, 0.1) is 4.88 Å². The fourth-order valence-electron chi connectivity index (χ4n) is 1.81. The van der Waals surface area contributed by atoms with Crippen molar-refractivity contribution in [2.75, 3.05) is 6.54 Å². The molecule has 0 aliphatic rings. The predicted molar refractivity (Wildman–Crippen MR) is 81.2 cm³/mol. The molecule has 2 aromatic rings. The average Bonchev–Trinajstić information content (AvgIpc) is 2.96. The Balaban J connectivity index is 2.28. The first kappa shape index (κ1) is 15.2. The number of rotatable bonds is 6. The van der Waals surface area contributed by atoms with Crippen LogP contribution in [-0.4, -0.2) is 24.7 Å². The second-order valence-electron chi connectivity index (χ2n) is 5.07. The number of nitrogens with one attached hydrogen (secondary N) is 1. The van der Waals surface area contributed by atoms with Crippen molar-refractivity contribution in [3.05, 3.63) is 23.7 Å². The van der Waals surface area contributed by atoms with E-state index in [9.17, 15) is 8.42 Å². The van der Waals surface area contributed by atoms with Crippen molar-refractivity contribution in [2.24, 2.45) is 13.0 Å². The molecule has 0 bridgehead atoms. The van der Waals surface area contributed by atoms with E-state index in [1.54, 1.807) is 13.2 Å². The number of thiophene rings is 1. The molecule has 20 heavy (non-hydrogen) atoms. The molecular formula is C13H19N3O2S2. The molecule has 0 atom stereocenters. The Bertz CT molecular complexity index is 658. The van der Waals surface area contributed by atoms with Crippen LogP contribution in [0.4, 0.5) is 0 Å². The van der Waals surface area contributed by atoms with Crippen LogP contribution in [0.5, 0.6) is 0 Å². The van der Waals surface area contributed by atoms with E-state index in [2.05, 4.69) is 23.7 Å². The quantitative estimate of drug-likeness (QED) is 0.891. The third-order valence-corrected chi connectivity index (χ3v) is 5.19. The minimum atomic E-state index is -3.52. The first-order chi connectivity index (χ1) is 9.40. The van der Waals surface area contributed by atoms with Gasteiger partial charge in [0.2, 0.25) is 10.0 Å². The van der Waals surface area contributed by atoms with E-state index in [1.807, 2.05) is 17.5 Å². The van der Waals surface area contributed by atoms with Gasteiger partial charge >= 0.3 is 0 Å². The molecule has 0 fully saturated rings. The summed E-state index contributed by atoms with van der Waals surface area (Å²) in [5.74, 6) is 0.461. The van der Waals surface area contributed by atoms with E-state index in [4.69, 9.17) is 0 Å². The molecule has 0 aromatic carbocycles. The number of nitrogens with zero attached hydrogens (tertiary/aromatic N) is 2. The van der Waals surface area contributed by atoms with Crippen LogP contribution in [0.2, 0.25) is 0 Å². The molecule has 0 aliphatic carbocycles. The van der Waals surface area contributed by atoms with Gasteiger partial charge in [0.15, 0.2) is 0 Å². The van der Waals surface area contributed by atoms with E-state index < -0.39 is 10.0 Å². The lowest BCUT2D eigenvalue weighted by Gasteiger charge is -2.07. The lowest BCUT2D eigenvalue weighted by molar-refractivity contribution is 0.551. The zero-order chi connectivity index (χ0) is 14.8. The van der Waals surface area contributed by atoms with Crippen LogP contribution < -0.4 is 4.72 Å². The fourth-order valence-corrected chi connectivity index (χ4v) is 3.83. The van der Waals surface area contributed by atoms with Crippen molar-refractivity contribution in [1.29, 1.82) is 0 Å². The van der Waals surface area contributed by atoms with Gasteiger partial charge in [0, 0.05) is 19.8 Å². The summed E-state index contributed by atoms with van der Waals surface area (Å²) in [5, 5.41) is 6.18. The third-order valence-electron chi connectivity index (χ3n) is 2.85. The maximum atomic E-state index is 12.4. The van der Waals surface area contributed by atoms with Crippen LogP contribution in [-0.2, 0) is 17.1 Å². The summed E-state index contributed by atoms with van der Waals surface area (Å²) in [6, 6.07) is 3.76. The molecule has 1 N–H and O–H groups in total. The molecular weight excluding hydrogens is 294 g/mol. The summed E-state index contributed by atoms with van der Waals surface area (Å²) in [5.41, 5.74) is 0.513. The van der Waals surface area contributed by atoms with Crippen molar-refractivity contribution in [3.8, 4) is 10.6 Å². The zero-order valence-corrected chi connectivity index (χ0v) is 13.5. The molecule has 0 spiro atoms. The van der Waals surface area contributed by atoms with Gasteiger partial charge in [-0.1, -0.05) is 19.9 Å². The van der Waals surface area contributed by atoms with E-state index >= 15 is 0 Å². The predicted octanol–water partition coefficient (Wildman–Crippen LogP) is 2.47. The standard InChI is InChI=1S/C13H19N3O2S2/c1-10(2)6-7-14-20(17,18)12-9-16(3)15-13(12)11-5-4-8-19-11/h4-5,8-10,14H,6-7H2,1-3H3. The smallest absolute Gasteiger partial charge is 0.244 e. The summed E-state index contributed by atoms with van der Waals surface area (Å²) in [6.07, 6.45) is 2.36. The molecule has 0 aliphatic heterocycles. The fraction of sp³-hybridized carbons (Fsp3) is 0.462. The van der Waals surface area contributed by atoms with Crippen molar-refractivity contribution < 1.29 is 8.42 Å². The van der Waals surface area contributed by atoms with Gasteiger partial charge in [0.1, 0.15) is 10.6 Å². The second-order valence-corrected chi connectivity index (χ2v) is 7.76. The molecule has 0 amide bonds. The molecule has 0 radical (unpaired) electrons. The number of sulfonamides is 1. The Hall–Kier alpha value is -1.18. The summed E-state index contributed by atoms with van der Waals surface area (Å²) in [4.78, 5) is 1.10. The summed E-state index contributed by atoms with van der Waals surface area (Å²) < 4.78 is 28.9. The molecule has 2 aromatic heterocycles. The highest BCUT2D eigenvalue weighted by Gasteiger charge is 2.23. The van der Waals surface area contributed by atoms with Gasteiger partial charge in [-0.15, -0.1) is 11.3 Å². The highest BCUT2D eigenvalue weighted by molar-refractivity contribution is 7.89. The molecule has 2 heterocycles. The monoisotopic (exact) mass is 313 g/mol. The molecule has 7 heteroatoms. The Morgan fingerprint density at radius 1 is 1.45 bits per heavy atom. The molecule has 0 unspecified atom stereocenters. The summed E-state index contributed by atoms with van der Waals surface area (Å²) in [6.45, 7) is 4.57. The molecule has 0 saturated carbocycles. The van der Waals surface area contributed by atoms with Gasteiger partial charge in [-0.05, 0) is 23.8 Å². The maximum absolute atomic E-state index is 12.4. The Kier molecular flexibility index (Phi) is 4.62. The highest BCUT2D eigenvalue weighted by atomic mass is 32.2. The zero-order valence-electron chi connectivity index (χ0n) is 11.8. The molecule has 5 nitrogen and oxygen atoms in total. The lowest BCUT2D eigenvalue weighted by atomic mass is 10.1. The second kappa shape index (κ2) is 6.07. The molecule has 2 rings (SSSR count). The van der Waals surface area contributed by atoms with Crippen LogP contribution in [0.15, 0.2) is 28.6 Å². The van der Waals surface area contributed by atoms with Gasteiger partial charge in [-0.25, -0.2) is 13.1 Å². The summed E-state index contributed by atoms with van der Waals surface area (Å²) >= 11 is 1.48. The summed E-state index contributed by atoms with van der Waals surface area (Å²) in [7, 11) is -1.79. The molecule has 0 saturated heterocycles. The first-order valence-electron chi connectivity index (χ1n) is 6.47. The topological polar surface area (TPSA) is 64.0 Å². The van der Waals surface area contributed by atoms with E-state index in [1.165, 1.54) is 16.0 Å². The van der Waals surface area contributed by atoms with Crippen LogP contribution in [0, 0.1) is 5.92 Å². The van der Waals surface area contributed by atoms with Crippen LogP contribution >= 0.6 is 11.3 Å². The Labute approximate surface area is 123 Å². The lowest BCUT2D eigenvalue weighted by Crippen LogP contribution is -2.25. The highest BCUT2D eigenvalue weighted by Crippen LogP contribution is 2.29. The number of aryl methyl sites for hydroxylation is 1. The van der Waals surface area contributed by atoms with Crippen molar-refractivity contribution >= 4 is 21.4 Å². The minimum absolute atomic E-state index is 0.242. The van der Waals surface area contributed by atoms with Crippen molar-refractivity contribution in [3.63, 3.8) is 0 Å². The third kappa shape index (κ3) is 3.47. The van der Waals surface area contributed by atoms with E-state index in [0.29, 0.717) is 18.2 Å². The van der Waals surface area contributed by atoms with Crippen molar-refractivity contribution in [1.82, 2.24) is 14.5 Å². The van der Waals surface area contributed by atoms with Crippen molar-refractivity contribution in [2.45, 2.75) is 25.2 Å². The average molecular weight is 313 g/mol. The Morgan fingerprint density at radius 2 is 2.20 bits per heavy atom. The van der Waals surface area contributed by atoms with Gasteiger partial charge in [0.25, 0.3) is 0 Å². The molecule has 110 valence electrons. The first-order valence-corrected chi connectivity index (χ1v) is 8.83. The Morgan fingerprint density at radius 3 is 2.80 bits per heavy atom. The van der Waals surface area contributed by atoms with Gasteiger partial charge in [-0.2, -0.15) is 5.10 Å². The normalized spacial score (nSPS) is 12.2. The van der Waals surface area contributed by atoms with Crippen LogP contribution in [0.3, 0.4) is 0 Å². The van der Waals surface area contributed by atoms with Gasteiger partial charge < -0.3 is 0 Å². The van der Waals surface area contributed by atoms with Crippen LogP contribution in [0.1, 0.15) is 20.3 Å². The van der Waals surface area contributed by atoms with E-state index in [0.717, 1.165) is 11.3 Å². The van der Waals surface area contributed by atoms with Crippen LogP contribution in [0.25, 0.3) is 10.6 Å².